The first-order chi connectivity index (χ1) is 8.91. The highest BCUT2D eigenvalue weighted by atomic mass is 79.9. The van der Waals surface area contributed by atoms with Crippen molar-refractivity contribution in [1.82, 2.24) is 9.97 Å². The van der Waals surface area contributed by atoms with Crippen molar-refractivity contribution in [3.8, 4) is 11.3 Å². The molecule has 1 aromatic carbocycles. The predicted molar refractivity (Wildman–Crippen MR) is 75.8 cm³/mol. The highest BCUT2D eigenvalue weighted by Gasteiger charge is 2.32. The van der Waals surface area contributed by atoms with Gasteiger partial charge < -0.3 is 5.11 Å². The molecule has 98 valence electrons. The highest BCUT2D eigenvalue weighted by Crippen LogP contribution is 2.24. The van der Waals surface area contributed by atoms with Crippen LogP contribution in [-0.2, 0) is 10.2 Å². The number of aliphatic carboxylic acids is 1. The summed E-state index contributed by atoms with van der Waals surface area (Å²) in [5, 5.41) is 9.21. The molecule has 2 rings (SSSR count). The molecule has 0 fully saturated rings. The Kier molecular flexibility index (Phi) is 3.66. The number of carbonyl (C=O) groups is 1. The molecule has 0 atom stereocenters. The van der Waals surface area contributed by atoms with Crippen LogP contribution in [-0.4, -0.2) is 21.0 Å². The van der Waals surface area contributed by atoms with Gasteiger partial charge in [0.1, 0.15) is 11.2 Å². The van der Waals surface area contributed by atoms with Crippen LogP contribution >= 0.6 is 15.9 Å². The summed E-state index contributed by atoms with van der Waals surface area (Å²) in [6.45, 7) is 3.19. The molecule has 1 heterocycles. The van der Waals surface area contributed by atoms with E-state index in [1.807, 2.05) is 24.3 Å². The quantitative estimate of drug-likeness (QED) is 0.942. The van der Waals surface area contributed by atoms with Crippen molar-refractivity contribution in [2.24, 2.45) is 0 Å². The first-order valence-corrected chi connectivity index (χ1v) is 6.53. The molecule has 0 aliphatic carbocycles. The second kappa shape index (κ2) is 5.09. The van der Waals surface area contributed by atoms with E-state index in [0.29, 0.717) is 11.5 Å². The summed E-state index contributed by atoms with van der Waals surface area (Å²) in [5.41, 5.74) is 0.516. The lowest BCUT2D eigenvalue weighted by Crippen LogP contribution is -2.30. The highest BCUT2D eigenvalue weighted by molar-refractivity contribution is 9.10. The lowest BCUT2D eigenvalue weighted by molar-refractivity contribution is -0.142. The van der Waals surface area contributed by atoms with E-state index in [4.69, 9.17) is 0 Å². The molecule has 0 unspecified atom stereocenters. The number of carboxylic acid groups (broad SMARTS) is 1. The maximum absolute atomic E-state index is 11.2. The van der Waals surface area contributed by atoms with Crippen LogP contribution in [0.5, 0.6) is 0 Å². The Hall–Kier alpha value is -1.75. The fourth-order valence-electron chi connectivity index (χ4n) is 1.56. The van der Waals surface area contributed by atoms with Crippen molar-refractivity contribution in [3.63, 3.8) is 0 Å². The first kappa shape index (κ1) is 13.7. The van der Waals surface area contributed by atoms with Gasteiger partial charge in [-0.25, -0.2) is 9.97 Å². The van der Waals surface area contributed by atoms with Gasteiger partial charge in [0.15, 0.2) is 0 Å². The molecular formula is C14H13BrN2O2. The summed E-state index contributed by atoms with van der Waals surface area (Å²) in [7, 11) is 0. The fourth-order valence-corrected chi connectivity index (χ4v) is 1.96. The summed E-state index contributed by atoms with van der Waals surface area (Å²) in [4.78, 5) is 19.7. The van der Waals surface area contributed by atoms with Gasteiger partial charge in [-0.3, -0.25) is 4.79 Å². The Balaban J connectivity index is 2.48. The molecule has 0 saturated heterocycles. The van der Waals surface area contributed by atoms with Crippen LogP contribution in [0.1, 0.15) is 19.7 Å². The largest absolute Gasteiger partial charge is 0.481 e. The second-order valence-corrected chi connectivity index (χ2v) is 5.62. The van der Waals surface area contributed by atoms with Crippen molar-refractivity contribution in [1.29, 1.82) is 0 Å². The molecule has 0 aliphatic rings. The third-order valence-corrected chi connectivity index (χ3v) is 3.36. The molecular weight excluding hydrogens is 308 g/mol. The minimum Gasteiger partial charge on any atom is -0.481 e. The summed E-state index contributed by atoms with van der Waals surface area (Å²) >= 11 is 3.40. The van der Waals surface area contributed by atoms with Gasteiger partial charge in [-0.2, -0.15) is 0 Å². The van der Waals surface area contributed by atoms with Gasteiger partial charge in [0.2, 0.25) is 0 Å². The van der Waals surface area contributed by atoms with Crippen LogP contribution in [0, 0.1) is 0 Å². The third-order valence-electron chi connectivity index (χ3n) is 2.87. The minimum absolute atomic E-state index is 0.303. The molecule has 4 nitrogen and oxygen atoms in total. The van der Waals surface area contributed by atoms with Crippen molar-refractivity contribution < 1.29 is 9.90 Å². The fraction of sp³-hybridized carbons (Fsp3) is 0.214. The van der Waals surface area contributed by atoms with Gasteiger partial charge in [0, 0.05) is 16.2 Å². The number of rotatable bonds is 3. The standard InChI is InChI=1S/C14H13BrN2O2/c1-14(2,13(18)19)12-16-7-6-11(17-12)9-4-3-5-10(15)8-9/h3-8H,1-2H3,(H,18,19). The minimum atomic E-state index is -1.11. The van der Waals surface area contributed by atoms with Gasteiger partial charge >= 0.3 is 5.97 Å². The number of nitrogens with zero attached hydrogens (tertiary/aromatic N) is 2. The van der Waals surface area contributed by atoms with Crippen LogP contribution in [0.15, 0.2) is 41.0 Å². The van der Waals surface area contributed by atoms with Crippen molar-refractivity contribution in [2.75, 3.05) is 0 Å². The van der Waals surface area contributed by atoms with E-state index in [0.717, 1.165) is 10.0 Å². The number of benzene rings is 1. The van der Waals surface area contributed by atoms with Crippen LogP contribution in [0.3, 0.4) is 0 Å². The topological polar surface area (TPSA) is 63.1 Å². The predicted octanol–water partition coefficient (Wildman–Crippen LogP) is 3.27. The van der Waals surface area contributed by atoms with E-state index in [1.54, 1.807) is 26.1 Å². The van der Waals surface area contributed by atoms with E-state index in [2.05, 4.69) is 25.9 Å². The second-order valence-electron chi connectivity index (χ2n) is 4.71. The molecule has 0 spiro atoms. The summed E-state index contributed by atoms with van der Waals surface area (Å²) in [5.74, 6) is -0.642. The zero-order chi connectivity index (χ0) is 14.0. The molecule has 19 heavy (non-hydrogen) atoms. The molecule has 1 aromatic heterocycles. The zero-order valence-electron chi connectivity index (χ0n) is 10.6. The van der Waals surface area contributed by atoms with E-state index < -0.39 is 11.4 Å². The third kappa shape index (κ3) is 2.81. The normalized spacial score (nSPS) is 11.3. The Labute approximate surface area is 119 Å². The number of hydrogen-bond acceptors (Lipinski definition) is 3. The number of hydrogen-bond donors (Lipinski definition) is 1. The molecule has 1 N–H and O–H groups in total. The average molecular weight is 321 g/mol. The van der Waals surface area contributed by atoms with Gasteiger partial charge in [-0.15, -0.1) is 0 Å². The lowest BCUT2D eigenvalue weighted by Gasteiger charge is -2.17. The van der Waals surface area contributed by atoms with Crippen molar-refractivity contribution in [3.05, 3.63) is 46.8 Å². The summed E-state index contributed by atoms with van der Waals surface area (Å²) < 4.78 is 0.947. The molecule has 0 amide bonds. The maximum Gasteiger partial charge on any atom is 0.316 e. The summed E-state index contributed by atoms with van der Waals surface area (Å²) in [6.07, 6.45) is 1.59. The van der Waals surface area contributed by atoms with Crippen LogP contribution < -0.4 is 0 Å². The molecule has 0 radical (unpaired) electrons. The number of carboxylic acids is 1. The monoisotopic (exact) mass is 320 g/mol. The first-order valence-electron chi connectivity index (χ1n) is 5.74. The van der Waals surface area contributed by atoms with Gasteiger partial charge in [0.05, 0.1) is 5.69 Å². The maximum atomic E-state index is 11.2. The van der Waals surface area contributed by atoms with Gasteiger partial charge in [0.25, 0.3) is 0 Å². The van der Waals surface area contributed by atoms with Crippen LogP contribution in [0.25, 0.3) is 11.3 Å². The van der Waals surface area contributed by atoms with E-state index in [1.165, 1.54) is 0 Å². The number of aromatic nitrogens is 2. The molecule has 0 saturated carbocycles. The SMILES string of the molecule is CC(C)(C(=O)O)c1nccc(-c2cccc(Br)c2)n1. The molecule has 5 heteroatoms. The number of halogens is 1. The Morgan fingerprint density at radius 2 is 2.05 bits per heavy atom. The zero-order valence-corrected chi connectivity index (χ0v) is 12.2. The average Bonchev–Trinajstić information content (AvgIpc) is 2.38. The van der Waals surface area contributed by atoms with E-state index >= 15 is 0 Å². The lowest BCUT2D eigenvalue weighted by atomic mass is 9.92. The smallest absolute Gasteiger partial charge is 0.316 e. The van der Waals surface area contributed by atoms with Gasteiger partial charge in [-0.1, -0.05) is 28.1 Å². The Morgan fingerprint density at radius 1 is 1.32 bits per heavy atom. The molecule has 0 bridgehead atoms. The molecule has 0 aliphatic heterocycles. The van der Waals surface area contributed by atoms with Gasteiger partial charge in [-0.05, 0) is 32.0 Å². The Morgan fingerprint density at radius 3 is 2.68 bits per heavy atom. The van der Waals surface area contributed by atoms with E-state index in [9.17, 15) is 9.90 Å². The summed E-state index contributed by atoms with van der Waals surface area (Å²) in [6, 6.07) is 9.45. The van der Waals surface area contributed by atoms with E-state index in [-0.39, 0.29) is 0 Å². The van der Waals surface area contributed by atoms with Crippen molar-refractivity contribution in [2.45, 2.75) is 19.3 Å². The molecule has 2 aromatic rings. The van der Waals surface area contributed by atoms with Crippen molar-refractivity contribution >= 4 is 21.9 Å². The Bertz CT molecular complexity index is 626. The van der Waals surface area contributed by atoms with Crippen LogP contribution in [0.4, 0.5) is 0 Å². The van der Waals surface area contributed by atoms with Crippen LogP contribution in [0.2, 0.25) is 0 Å².